The van der Waals surface area contributed by atoms with E-state index in [2.05, 4.69) is 30.1 Å². The molecule has 0 atom stereocenters. The minimum atomic E-state index is -0.180. The van der Waals surface area contributed by atoms with E-state index >= 15 is 0 Å². The van der Waals surface area contributed by atoms with Gasteiger partial charge in [0.1, 0.15) is 21.5 Å². The maximum absolute atomic E-state index is 12.1. The number of thiophene rings is 1. The Balaban J connectivity index is 2.31. The van der Waals surface area contributed by atoms with Crippen molar-refractivity contribution in [2.45, 2.75) is 33.6 Å². The summed E-state index contributed by atoms with van der Waals surface area (Å²) in [5.41, 5.74) is 7.01. The SMILES string of the molecule is CCCNC(=O)c1sc(N2CCC(C)(C)C2)c(C#N)c1N. The van der Waals surface area contributed by atoms with Gasteiger partial charge in [0.2, 0.25) is 0 Å². The number of carbonyl (C=O) groups excluding carboxylic acids is 1. The molecular weight excluding hydrogens is 284 g/mol. The molecule has 1 saturated heterocycles. The van der Waals surface area contributed by atoms with Gasteiger partial charge in [0.05, 0.1) is 5.69 Å². The average molecular weight is 306 g/mol. The Kier molecular flexibility index (Phi) is 4.43. The second kappa shape index (κ2) is 5.94. The lowest BCUT2D eigenvalue weighted by atomic mass is 9.93. The quantitative estimate of drug-likeness (QED) is 0.895. The minimum absolute atomic E-state index is 0.180. The second-order valence-corrected chi connectivity index (χ2v) is 7.23. The van der Waals surface area contributed by atoms with Gasteiger partial charge in [-0.1, -0.05) is 20.8 Å². The molecule has 1 aromatic heterocycles. The van der Waals surface area contributed by atoms with Crippen LogP contribution >= 0.6 is 11.3 Å². The number of nitrogens with two attached hydrogens (primary N) is 1. The normalized spacial score (nSPS) is 16.8. The van der Waals surface area contributed by atoms with Crippen molar-refractivity contribution in [3.8, 4) is 6.07 Å². The lowest BCUT2D eigenvalue weighted by Gasteiger charge is -2.20. The van der Waals surface area contributed by atoms with E-state index in [1.165, 1.54) is 11.3 Å². The molecule has 5 nitrogen and oxygen atoms in total. The summed E-state index contributed by atoms with van der Waals surface area (Å²) in [5, 5.41) is 13.0. The fourth-order valence-corrected chi connectivity index (χ4v) is 3.65. The molecule has 0 radical (unpaired) electrons. The van der Waals surface area contributed by atoms with Gasteiger partial charge < -0.3 is 16.0 Å². The molecule has 0 saturated carbocycles. The third-order valence-corrected chi connectivity index (χ3v) is 5.01. The average Bonchev–Trinajstić information content (AvgIpc) is 2.95. The highest BCUT2D eigenvalue weighted by atomic mass is 32.1. The fraction of sp³-hybridized carbons (Fsp3) is 0.600. The number of nitrogens with zero attached hydrogens (tertiary/aromatic N) is 2. The molecular formula is C15H22N4OS. The molecule has 1 aliphatic rings. The van der Waals surface area contributed by atoms with Crippen LogP contribution in [-0.2, 0) is 0 Å². The van der Waals surface area contributed by atoms with E-state index in [4.69, 9.17) is 5.73 Å². The summed E-state index contributed by atoms with van der Waals surface area (Å²) in [7, 11) is 0. The highest BCUT2D eigenvalue weighted by molar-refractivity contribution is 7.19. The number of carbonyl (C=O) groups is 1. The van der Waals surface area contributed by atoms with Gasteiger partial charge in [-0.25, -0.2) is 0 Å². The maximum atomic E-state index is 12.1. The zero-order chi connectivity index (χ0) is 15.6. The lowest BCUT2D eigenvalue weighted by molar-refractivity contribution is 0.0958. The first-order valence-corrected chi connectivity index (χ1v) is 8.06. The minimum Gasteiger partial charge on any atom is -0.396 e. The molecule has 2 heterocycles. The third-order valence-electron chi connectivity index (χ3n) is 3.74. The molecule has 0 aromatic carbocycles. The molecule has 0 aliphatic carbocycles. The van der Waals surface area contributed by atoms with Crippen LogP contribution in [0.15, 0.2) is 0 Å². The Bertz CT molecular complexity index is 585. The van der Waals surface area contributed by atoms with E-state index in [9.17, 15) is 10.1 Å². The summed E-state index contributed by atoms with van der Waals surface area (Å²) < 4.78 is 0. The smallest absolute Gasteiger partial charge is 0.263 e. The van der Waals surface area contributed by atoms with Crippen LogP contribution in [-0.4, -0.2) is 25.5 Å². The van der Waals surface area contributed by atoms with Gasteiger partial charge in [-0.05, 0) is 18.3 Å². The maximum Gasteiger partial charge on any atom is 0.263 e. The van der Waals surface area contributed by atoms with Crippen molar-refractivity contribution in [2.75, 3.05) is 30.3 Å². The zero-order valence-corrected chi connectivity index (χ0v) is 13.6. The van der Waals surface area contributed by atoms with Crippen molar-refractivity contribution in [2.24, 2.45) is 5.41 Å². The van der Waals surface area contributed by atoms with Crippen molar-refractivity contribution in [3.05, 3.63) is 10.4 Å². The number of hydrogen-bond acceptors (Lipinski definition) is 5. The van der Waals surface area contributed by atoms with Crippen LogP contribution in [0.2, 0.25) is 0 Å². The number of hydrogen-bond donors (Lipinski definition) is 2. The largest absolute Gasteiger partial charge is 0.396 e. The first kappa shape index (κ1) is 15.6. The lowest BCUT2D eigenvalue weighted by Crippen LogP contribution is -2.23. The molecule has 1 aromatic rings. The zero-order valence-electron chi connectivity index (χ0n) is 12.8. The summed E-state index contributed by atoms with van der Waals surface area (Å²) >= 11 is 1.33. The molecule has 1 fully saturated rings. The molecule has 21 heavy (non-hydrogen) atoms. The number of nitrogen functional groups attached to an aromatic ring is 1. The van der Waals surface area contributed by atoms with Crippen LogP contribution in [0.1, 0.15) is 48.8 Å². The van der Waals surface area contributed by atoms with E-state index in [0.717, 1.165) is 30.9 Å². The van der Waals surface area contributed by atoms with Gasteiger partial charge >= 0.3 is 0 Å². The van der Waals surface area contributed by atoms with Crippen molar-refractivity contribution in [1.82, 2.24) is 5.32 Å². The summed E-state index contributed by atoms with van der Waals surface area (Å²) in [4.78, 5) is 14.8. The molecule has 114 valence electrons. The van der Waals surface area contributed by atoms with Crippen LogP contribution in [0.3, 0.4) is 0 Å². The Morgan fingerprint density at radius 1 is 1.57 bits per heavy atom. The molecule has 2 rings (SSSR count). The number of nitrogens with one attached hydrogen (secondary N) is 1. The molecule has 3 N–H and O–H groups in total. The highest BCUT2D eigenvalue weighted by Gasteiger charge is 2.33. The second-order valence-electron chi connectivity index (χ2n) is 6.23. The number of nitriles is 1. The molecule has 0 spiro atoms. The first-order valence-electron chi connectivity index (χ1n) is 7.25. The van der Waals surface area contributed by atoms with Crippen molar-refractivity contribution >= 4 is 27.9 Å². The summed E-state index contributed by atoms with van der Waals surface area (Å²) in [6, 6.07) is 2.16. The Morgan fingerprint density at radius 2 is 2.29 bits per heavy atom. The van der Waals surface area contributed by atoms with Crippen molar-refractivity contribution < 1.29 is 4.79 Å². The van der Waals surface area contributed by atoms with Crippen LogP contribution in [0, 0.1) is 16.7 Å². The topological polar surface area (TPSA) is 82.2 Å². The predicted molar refractivity (Wildman–Crippen MR) is 86.7 cm³/mol. The molecule has 6 heteroatoms. The number of anilines is 2. The Hall–Kier alpha value is -1.74. The summed E-state index contributed by atoms with van der Waals surface area (Å²) in [6.45, 7) is 8.83. The van der Waals surface area contributed by atoms with Crippen LogP contribution in [0.4, 0.5) is 10.7 Å². The van der Waals surface area contributed by atoms with Gasteiger partial charge in [0, 0.05) is 19.6 Å². The van der Waals surface area contributed by atoms with Gasteiger partial charge in [-0.15, -0.1) is 11.3 Å². The van der Waals surface area contributed by atoms with E-state index in [1.807, 2.05) is 6.92 Å². The highest BCUT2D eigenvalue weighted by Crippen LogP contribution is 2.42. The Morgan fingerprint density at radius 3 is 2.81 bits per heavy atom. The predicted octanol–water partition coefficient (Wildman–Crippen LogP) is 2.58. The first-order chi connectivity index (χ1) is 9.89. The van der Waals surface area contributed by atoms with E-state index in [-0.39, 0.29) is 11.3 Å². The number of amides is 1. The van der Waals surface area contributed by atoms with Crippen LogP contribution < -0.4 is 16.0 Å². The molecule has 1 aliphatic heterocycles. The molecule has 0 unspecified atom stereocenters. The summed E-state index contributed by atoms with van der Waals surface area (Å²) in [6.07, 6.45) is 1.95. The standard InChI is InChI=1S/C15H22N4OS/c1-4-6-18-13(20)12-11(17)10(8-16)14(21-12)19-7-5-15(2,3)9-19/h4-7,9,17H2,1-3H3,(H,18,20). The van der Waals surface area contributed by atoms with Gasteiger partial charge in [-0.3, -0.25) is 4.79 Å². The van der Waals surface area contributed by atoms with E-state index in [1.54, 1.807) is 0 Å². The van der Waals surface area contributed by atoms with E-state index in [0.29, 0.717) is 22.7 Å². The van der Waals surface area contributed by atoms with Gasteiger partial charge in [0.15, 0.2) is 0 Å². The van der Waals surface area contributed by atoms with Gasteiger partial charge in [0.25, 0.3) is 5.91 Å². The van der Waals surface area contributed by atoms with Crippen molar-refractivity contribution in [3.63, 3.8) is 0 Å². The molecule has 1 amide bonds. The summed E-state index contributed by atoms with van der Waals surface area (Å²) in [5.74, 6) is -0.180. The third kappa shape index (κ3) is 3.13. The number of rotatable bonds is 4. The van der Waals surface area contributed by atoms with Crippen LogP contribution in [0.5, 0.6) is 0 Å². The van der Waals surface area contributed by atoms with E-state index < -0.39 is 0 Å². The van der Waals surface area contributed by atoms with Crippen molar-refractivity contribution in [1.29, 1.82) is 5.26 Å². The Labute approximate surface area is 129 Å². The monoisotopic (exact) mass is 306 g/mol. The fourth-order valence-electron chi connectivity index (χ4n) is 2.54. The van der Waals surface area contributed by atoms with Crippen LogP contribution in [0.25, 0.3) is 0 Å². The molecule has 0 bridgehead atoms. The van der Waals surface area contributed by atoms with Gasteiger partial charge in [-0.2, -0.15) is 5.26 Å².